The van der Waals surface area contributed by atoms with Crippen LogP contribution in [-0.4, -0.2) is 19.5 Å². The van der Waals surface area contributed by atoms with Gasteiger partial charge >= 0.3 is 136 Å². The fourth-order valence-corrected chi connectivity index (χ4v) is 10.0. The molecule has 2 rings (SSSR count). The Morgan fingerprint density at radius 1 is 0.704 bits per heavy atom. The first-order valence-electron chi connectivity index (χ1n) is 11.0. The number of unbranched alkanes of at least 4 members (excludes halogenated alkanes) is 14. The summed E-state index contributed by atoms with van der Waals surface area (Å²) in [6, 6.07) is 0. The van der Waals surface area contributed by atoms with Crippen LogP contribution in [0.5, 0.6) is 0 Å². The fourth-order valence-electron chi connectivity index (χ4n) is 3.56. The van der Waals surface area contributed by atoms with Crippen molar-refractivity contribution in [1.82, 2.24) is 4.98 Å². The first-order valence-corrected chi connectivity index (χ1v) is 15.1. The third-order valence-electron chi connectivity index (χ3n) is 5.21. The van der Waals surface area contributed by atoms with Crippen molar-refractivity contribution >= 4 is 67.9 Å². The van der Waals surface area contributed by atoms with Gasteiger partial charge in [0.15, 0.2) is 0 Å². The molecule has 0 amide bonds. The monoisotopic (exact) mass is 583 g/mol. The summed E-state index contributed by atoms with van der Waals surface area (Å²) in [6.45, 7) is 2.29. The molecular weight excluding hydrogens is 549 g/mol. The molecule has 2 heterocycles. The van der Waals surface area contributed by atoms with Crippen LogP contribution in [0.3, 0.4) is 0 Å². The Morgan fingerprint density at radius 2 is 1.19 bits per heavy atom. The van der Waals surface area contributed by atoms with Gasteiger partial charge in [-0.1, -0.05) is 58.3 Å². The second-order valence-corrected chi connectivity index (χ2v) is 14.8. The summed E-state index contributed by atoms with van der Waals surface area (Å²) < 4.78 is 4.03. The molecule has 0 aliphatic rings. The molecule has 27 heavy (non-hydrogen) atoms. The minimum absolute atomic E-state index is 0.418. The molecule has 154 valence electrons. The average Bonchev–Trinajstić information content (AvgIpc) is 3.19. The van der Waals surface area contributed by atoms with Crippen LogP contribution in [0.25, 0.3) is 10.2 Å². The maximum absolute atomic E-state index is 4.83. The first-order chi connectivity index (χ1) is 13.2. The van der Waals surface area contributed by atoms with Gasteiger partial charge in [-0.05, 0) is 0 Å². The Labute approximate surface area is 193 Å². The molecule has 0 unspecified atom stereocenters. The van der Waals surface area contributed by atoms with E-state index in [0.717, 1.165) is 6.42 Å². The molecular formula is C22H35Br2NSSe. The number of hydrogen-bond acceptors (Lipinski definition) is 2. The van der Waals surface area contributed by atoms with Crippen LogP contribution in [0.2, 0.25) is 0 Å². The molecule has 1 nitrogen and oxygen atoms in total. The molecule has 0 saturated heterocycles. The van der Waals surface area contributed by atoms with Gasteiger partial charge in [-0.15, -0.1) is 0 Å². The molecule has 0 saturated carbocycles. The van der Waals surface area contributed by atoms with Gasteiger partial charge in [-0.2, -0.15) is 0 Å². The molecule has 0 aliphatic carbocycles. The van der Waals surface area contributed by atoms with Crippen molar-refractivity contribution in [2.75, 3.05) is 0 Å². The first kappa shape index (κ1) is 24.1. The Bertz CT molecular complexity index is 603. The van der Waals surface area contributed by atoms with Gasteiger partial charge in [-0.25, -0.2) is 0 Å². The zero-order valence-corrected chi connectivity index (χ0v) is 22.5. The number of hydrogen-bond donors (Lipinski definition) is 0. The quantitative estimate of drug-likeness (QED) is 0.142. The topological polar surface area (TPSA) is 12.9 Å². The summed E-state index contributed by atoms with van der Waals surface area (Å²) in [5, 5.41) is 1.32. The van der Waals surface area contributed by atoms with Crippen molar-refractivity contribution in [1.29, 1.82) is 0 Å². The molecule has 0 aliphatic heterocycles. The number of rotatable bonds is 16. The maximum atomic E-state index is 4.83. The summed E-state index contributed by atoms with van der Waals surface area (Å²) in [5.41, 5.74) is 1.21. The van der Waals surface area contributed by atoms with E-state index in [0.29, 0.717) is 14.5 Å². The van der Waals surface area contributed by atoms with Crippen molar-refractivity contribution in [3.63, 3.8) is 0 Å². The Hall–Kier alpha value is 0.849. The summed E-state index contributed by atoms with van der Waals surface area (Å²) >= 11 is 9.69. The Morgan fingerprint density at radius 3 is 1.67 bits per heavy atom. The SMILES string of the molecule is CCCCCCCCCCCCCCCCCc1nc2c(Br)[se]c(Br)c2s1. The van der Waals surface area contributed by atoms with Gasteiger partial charge in [0.25, 0.3) is 0 Å². The van der Waals surface area contributed by atoms with Gasteiger partial charge in [0, 0.05) is 0 Å². The van der Waals surface area contributed by atoms with Gasteiger partial charge < -0.3 is 0 Å². The molecule has 2 aromatic heterocycles. The van der Waals surface area contributed by atoms with Crippen LogP contribution in [0, 0.1) is 0 Å². The van der Waals surface area contributed by atoms with Crippen LogP contribution >= 0.6 is 43.2 Å². The Kier molecular flexibility index (Phi) is 13.2. The fraction of sp³-hybridized carbons (Fsp3) is 0.773. The number of fused-ring (bicyclic) bond motifs is 1. The predicted molar refractivity (Wildman–Crippen MR) is 131 cm³/mol. The molecule has 0 aromatic carbocycles. The van der Waals surface area contributed by atoms with Crippen molar-refractivity contribution in [3.05, 3.63) is 11.7 Å². The van der Waals surface area contributed by atoms with E-state index in [2.05, 4.69) is 38.8 Å². The van der Waals surface area contributed by atoms with Crippen LogP contribution in [0.1, 0.15) is 108 Å². The Balaban J connectivity index is 1.38. The molecule has 0 spiro atoms. The molecule has 2 aromatic rings. The predicted octanol–water partition coefficient (Wildman–Crippen LogP) is 9.29. The van der Waals surface area contributed by atoms with Crippen LogP contribution in [0.4, 0.5) is 0 Å². The second kappa shape index (κ2) is 14.8. The van der Waals surface area contributed by atoms with E-state index in [1.807, 2.05) is 11.3 Å². The van der Waals surface area contributed by atoms with E-state index in [4.69, 9.17) is 4.98 Å². The number of aryl methyl sites for hydroxylation is 1. The molecule has 0 N–H and O–H groups in total. The molecule has 0 fully saturated rings. The zero-order valence-electron chi connectivity index (χ0n) is 16.8. The number of halogens is 2. The average molecular weight is 584 g/mol. The number of thiazole rings is 1. The van der Waals surface area contributed by atoms with E-state index in [1.54, 1.807) is 0 Å². The zero-order chi connectivity index (χ0) is 19.3. The van der Waals surface area contributed by atoms with E-state index >= 15 is 0 Å². The minimum atomic E-state index is 0.418. The van der Waals surface area contributed by atoms with Crippen molar-refractivity contribution in [2.24, 2.45) is 0 Å². The van der Waals surface area contributed by atoms with Gasteiger partial charge in [0.2, 0.25) is 0 Å². The van der Waals surface area contributed by atoms with Crippen molar-refractivity contribution < 1.29 is 0 Å². The van der Waals surface area contributed by atoms with E-state index in [1.165, 1.54) is 118 Å². The van der Waals surface area contributed by atoms with Crippen LogP contribution < -0.4 is 0 Å². The van der Waals surface area contributed by atoms with Crippen LogP contribution in [-0.2, 0) is 6.42 Å². The standard InChI is InChI=1S/C22H35Br2NSSe/c1-2-3-4-5-6-7-8-9-10-11-12-13-14-15-16-17-18-25-19-20(26-18)22(24)27-21(19)23/h2-17H2,1H3. The summed E-state index contributed by atoms with van der Waals surface area (Å²) in [5.74, 6) is 0. The normalized spacial score (nSPS) is 11.7. The van der Waals surface area contributed by atoms with Gasteiger partial charge in [0.05, 0.1) is 0 Å². The third-order valence-corrected chi connectivity index (χ3v) is 10.9. The van der Waals surface area contributed by atoms with Crippen molar-refractivity contribution in [3.8, 4) is 0 Å². The molecule has 0 radical (unpaired) electrons. The third kappa shape index (κ3) is 9.47. The van der Waals surface area contributed by atoms with Crippen LogP contribution in [0.15, 0.2) is 6.69 Å². The second-order valence-electron chi connectivity index (χ2n) is 7.63. The number of aromatic nitrogens is 1. The summed E-state index contributed by atoms with van der Waals surface area (Å²) in [4.78, 5) is 4.83. The molecule has 0 bridgehead atoms. The van der Waals surface area contributed by atoms with Crippen molar-refractivity contribution in [2.45, 2.75) is 110 Å². The summed E-state index contributed by atoms with van der Waals surface area (Å²) in [7, 11) is 0. The van der Waals surface area contributed by atoms with E-state index in [9.17, 15) is 0 Å². The molecule has 5 heteroatoms. The van der Waals surface area contributed by atoms with E-state index in [-0.39, 0.29) is 0 Å². The van der Waals surface area contributed by atoms with Gasteiger partial charge in [-0.3, -0.25) is 0 Å². The number of nitrogens with zero attached hydrogens (tertiary/aromatic N) is 1. The molecule has 0 atom stereocenters. The van der Waals surface area contributed by atoms with E-state index < -0.39 is 0 Å². The summed E-state index contributed by atoms with van der Waals surface area (Å²) in [6.07, 6.45) is 22.5. The van der Waals surface area contributed by atoms with Gasteiger partial charge in [0.1, 0.15) is 0 Å².